The molecule has 0 N–H and O–H groups in total. The lowest BCUT2D eigenvalue weighted by Crippen LogP contribution is -2.33. The van der Waals surface area contributed by atoms with Gasteiger partial charge in [-0.3, -0.25) is 4.79 Å². The number of pyridine rings is 1. The fourth-order valence-electron chi connectivity index (χ4n) is 3.17. The fraction of sp³-hybridized carbons (Fsp3) is 0.529. The molecule has 0 spiro atoms. The quantitative estimate of drug-likeness (QED) is 0.871. The minimum absolute atomic E-state index is 0.0418. The first kappa shape index (κ1) is 15.6. The first-order chi connectivity index (χ1) is 11.0. The molecule has 1 aliphatic carbocycles. The molecule has 0 aromatic carbocycles. The van der Waals surface area contributed by atoms with Crippen LogP contribution >= 0.6 is 0 Å². The van der Waals surface area contributed by atoms with Gasteiger partial charge in [0.1, 0.15) is 11.6 Å². The maximum absolute atomic E-state index is 12.6. The lowest BCUT2D eigenvalue weighted by molar-refractivity contribution is 0.0828. The number of hydrogen-bond acceptors (Lipinski definition) is 5. The van der Waals surface area contributed by atoms with Crippen LogP contribution in [0.2, 0.25) is 0 Å². The standard InChI is InChI=1S/C17H23N5O/c1-11-18-10-12-9-14(17(23)21(2)3)16(20-15(12)19-11)22(4)13-7-5-6-8-13/h9-10,13H,5-8H2,1-4H3. The molecular formula is C17H23N5O. The van der Waals surface area contributed by atoms with Crippen LogP contribution in [0.15, 0.2) is 12.3 Å². The van der Waals surface area contributed by atoms with Gasteiger partial charge in [-0.2, -0.15) is 0 Å². The summed E-state index contributed by atoms with van der Waals surface area (Å²) in [5.74, 6) is 1.37. The minimum Gasteiger partial charge on any atom is -0.356 e. The van der Waals surface area contributed by atoms with E-state index in [-0.39, 0.29) is 5.91 Å². The van der Waals surface area contributed by atoms with Crippen LogP contribution in [-0.4, -0.2) is 52.9 Å². The van der Waals surface area contributed by atoms with Crippen molar-refractivity contribution in [1.82, 2.24) is 19.9 Å². The summed E-state index contributed by atoms with van der Waals surface area (Å²) >= 11 is 0. The summed E-state index contributed by atoms with van der Waals surface area (Å²) in [6.45, 7) is 1.85. The van der Waals surface area contributed by atoms with Crippen molar-refractivity contribution >= 4 is 22.8 Å². The molecule has 2 heterocycles. The van der Waals surface area contributed by atoms with Crippen molar-refractivity contribution in [1.29, 1.82) is 0 Å². The Balaban J connectivity index is 2.14. The van der Waals surface area contributed by atoms with Crippen molar-refractivity contribution in [2.24, 2.45) is 0 Å². The molecule has 0 aliphatic heterocycles. The van der Waals surface area contributed by atoms with Crippen molar-refractivity contribution < 1.29 is 4.79 Å². The van der Waals surface area contributed by atoms with Gasteiger partial charge in [0.2, 0.25) is 0 Å². The average Bonchev–Trinajstić information content (AvgIpc) is 3.06. The molecule has 1 aliphatic rings. The van der Waals surface area contributed by atoms with Gasteiger partial charge >= 0.3 is 0 Å². The summed E-state index contributed by atoms with van der Waals surface area (Å²) in [5, 5.41) is 0.796. The minimum atomic E-state index is -0.0418. The third-order valence-electron chi connectivity index (χ3n) is 4.51. The molecule has 23 heavy (non-hydrogen) atoms. The summed E-state index contributed by atoms with van der Waals surface area (Å²) in [4.78, 5) is 29.7. The Bertz CT molecular complexity index is 737. The van der Waals surface area contributed by atoms with E-state index in [1.165, 1.54) is 12.8 Å². The van der Waals surface area contributed by atoms with Crippen molar-refractivity contribution in [2.75, 3.05) is 26.0 Å². The van der Waals surface area contributed by atoms with E-state index in [2.05, 4.69) is 14.9 Å². The molecule has 0 bridgehead atoms. The predicted molar refractivity (Wildman–Crippen MR) is 90.7 cm³/mol. The van der Waals surface area contributed by atoms with Gasteiger partial charge in [0.15, 0.2) is 5.65 Å². The molecule has 0 atom stereocenters. The summed E-state index contributed by atoms with van der Waals surface area (Å²) in [6, 6.07) is 2.31. The number of aryl methyl sites for hydroxylation is 1. The van der Waals surface area contributed by atoms with Gasteiger partial charge in [-0.1, -0.05) is 12.8 Å². The lowest BCUT2D eigenvalue weighted by atomic mass is 10.1. The molecule has 1 saturated carbocycles. The number of nitrogens with zero attached hydrogens (tertiary/aromatic N) is 5. The van der Waals surface area contributed by atoms with Crippen LogP contribution in [0.25, 0.3) is 11.0 Å². The summed E-state index contributed by atoms with van der Waals surface area (Å²) in [7, 11) is 5.56. The van der Waals surface area contributed by atoms with Gasteiger partial charge in [-0.25, -0.2) is 15.0 Å². The average molecular weight is 313 g/mol. The smallest absolute Gasteiger partial charge is 0.257 e. The van der Waals surface area contributed by atoms with Crippen LogP contribution in [0.5, 0.6) is 0 Å². The monoisotopic (exact) mass is 313 g/mol. The molecule has 122 valence electrons. The number of anilines is 1. The molecule has 0 unspecified atom stereocenters. The van der Waals surface area contributed by atoms with Gasteiger partial charge < -0.3 is 9.80 Å². The highest BCUT2D eigenvalue weighted by molar-refractivity contribution is 6.01. The topological polar surface area (TPSA) is 62.2 Å². The molecule has 6 heteroatoms. The highest BCUT2D eigenvalue weighted by Crippen LogP contribution is 2.30. The summed E-state index contributed by atoms with van der Waals surface area (Å²) in [5.41, 5.74) is 1.26. The fourth-order valence-corrected chi connectivity index (χ4v) is 3.17. The van der Waals surface area contributed by atoms with Crippen molar-refractivity contribution in [3.05, 3.63) is 23.7 Å². The number of carbonyl (C=O) groups excluding carboxylic acids is 1. The van der Waals surface area contributed by atoms with E-state index < -0.39 is 0 Å². The zero-order valence-electron chi connectivity index (χ0n) is 14.2. The van der Waals surface area contributed by atoms with Crippen LogP contribution in [0, 0.1) is 6.92 Å². The van der Waals surface area contributed by atoms with Crippen LogP contribution in [0.1, 0.15) is 41.9 Å². The van der Waals surface area contributed by atoms with Gasteiger partial charge in [0.05, 0.1) is 5.56 Å². The van der Waals surface area contributed by atoms with Crippen molar-refractivity contribution in [3.63, 3.8) is 0 Å². The Hall–Kier alpha value is -2.24. The molecule has 3 rings (SSSR count). The predicted octanol–water partition coefficient (Wildman–Crippen LogP) is 2.41. The zero-order valence-corrected chi connectivity index (χ0v) is 14.2. The molecule has 6 nitrogen and oxygen atoms in total. The lowest BCUT2D eigenvalue weighted by Gasteiger charge is -2.28. The van der Waals surface area contributed by atoms with Gasteiger partial charge in [-0.15, -0.1) is 0 Å². The molecule has 1 amide bonds. The number of aromatic nitrogens is 3. The SMILES string of the molecule is Cc1ncc2cc(C(=O)N(C)C)c(N(C)C3CCCC3)nc2n1. The van der Waals surface area contributed by atoms with Crippen molar-refractivity contribution in [3.8, 4) is 0 Å². The Morgan fingerprint density at radius 2 is 1.87 bits per heavy atom. The number of rotatable bonds is 3. The molecule has 0 saturated heterocycles. The van der Waals surface area contributed by atoms with E-state index in [4.69, 9.17) is 4.98 Å². The third kappa shape index (κ3) is 2.98. The first-order valence-electron chi connectivity index (χ1n) is 8.06. The molecular weight excluding hydrogens is 290 g/mol. The van der Waals surface area contributed by atoms with E-state index in [9.17, 15) is 4.79 Å². The highest BCUT2D eigenvalue weighted by atomic mass is 16.2. The van der Waals surface area contributed by atoms with E-state index in [0.717, 1.165) is 24.0 Å². The molecule has 1 fully saturated rings. The molecule has 2 aromatic heterocycles. The van der Waals surface area contributed by atoms with E-state index in [0.29, 0.717) is 23.1 Å². The largest absolute Gasteiger partial charge is 0.356 e. The second-order valence-electron chi connectivity index (χ2n) is 6.44. The van der Waals surface area contributed by atoms with Crippen LogP contribution in [0.4, 0.5) is 5.82 Å². The van der Waals surface area contributed by atoms with E-state index >= 15 is 0 Å². The number of carbonyl (C=O) groups is 1. The van der Waals surface area contributed by atoms with Gasteiger partial charge in [-0.05, 0) is 25.8 Å². The zero-order chi connectivity index (χ0) is 16.6. The summed E-state index contributed by atoms with van der Waals surface area (Å²) < 4.78 is 0. The number of amides is 1. The Kier molecular flexibility index (Phi) is 4.15. The van der Waals surface area contributed by atoms with Crippen LogP contribution in [-0.2, 0) is 0 Å². The second-order valence-corrected chi connectivity index (χ2v) is 6.44. The second kappa shape index (κ2) is 6.10. The Morgan fingerprint density at radius 1 is 1.17 bits per heavy atom. The normalized spacial score (nSPS) is 15.1. The van der Waals surface area contributed by atoms with Crippen LogP contribution in [0.3, 0.4) is 0 Å². The number of fused-ring (bicyclic) bond motifs is 1. The number of hydrogen-bond donors (Lipinski definition) is 0. The highest BCUT2D eigenvalue weighted by Gasteiger charge is 2.26. The van der Waals surface area contributed by atoms with Gasteiger partial charge in [0, 0.05) is 38.8 Å². The maximum atomic E-state index is 12.6. The maximum Gasteiger partial charge on any atom is 0.257 e. The third-order valence-corrected chi connectivity index (χ3v) is 4.51. The molecule has 0 radical (unpaired) electrons. The van der Waals surface area contributed by atoms with Crippen molar-refractivity contribution in [2.45, 2.75) is 38.6 Å². The Labute approximate surface area is 136 Å². The van der Waals surface area contributed by atoms with Crippen LogP contribution < -0.4 is 4.90 Å². The van der Waals surface area contributed by atoms with E-state index in [1.807, 2.05) is 20.0 Å². The summed E-state index contributed by atoms with van der Waals surface area (Å²) in [6.07, 6.45) is 6.50. The van der Waals surface area contributed by atoms with E-state index in [1.54, 1.807) is 25.2 Å². The molecule has 2 aromatic rings. The Morgan fingerprint density at radius 3 is 2.52 bits per heavy atom. The van der Waals surface area contributed by atoms with Gasteiger partial charge in [0.25, 0.3) is 5.91 Å². The first-order valence-corrected chi connectivity index (χ1v) is 8.06.